The van der Waals surface area contributed by atoms with Crippen LogP contribution in [0.1, 0.15) is 27.0 Å². The molecule has 0 aliphatic rings. The van der Waals surface area contributed by atoms with E-state index >= 15 is 0 Å². The van der Waals surface area contributed by atoms with Crippen LogP contribution in [0, 0.1) is 13.8 Å². The Kier molecular flexibility index (Phi) is 5.39. The number of amides is 1. The zero-order chi connectivity index (χ0) is 17.0. The molecule has 0 spiro atoms. The van der Waals surface area contributed by atoms with Gasteiger partial charge in [0, 0.05) is 15.4 Å². The average molecular weight is 333 g/mol. The first kappa shape index (κ1) is 17.0. The van der Waals surface area contributed by atoms with Crippen molar-refractivity contribution in [3.05, 3.63) is 45.6 Å². The maximum Gasteiger partial charge on any atom is 0.340 e. The summed E-state index contributed by atoms with van der Waals surface area (Å²) in [5.74, 6) is -0.164. The fourth-order valence-corrected chi connectivity index (χ4v) is 2.94. The van der Waals surface area contributed by atoms with E-state index in [1.807, 2.05) is 13.8 Å². The standard InChI is InChI=1S/C17H19NO4S/c1-10-9-15(12(3)23-10)17(20)22-11(2)16(19)18-13-5-7-14(21-4)8-6-13/h5-9,11H,1-4H3,(H,18,19)/t11-/m0/s1. The van der Waals surface area contributed by atoms with Crippen molar-refractivity contribution in [2.75, 3.05) is 12.4 Å². The number of thiophene rings is 1. The van der Waals surface area contributed by atoms with Crippen LogP contribution in [-0.2, 0) is 9.53 Å². The minimum atomic E-state index is -0.885. The molecule has 122 valence electrons. The first-order chi connectivity index (χ1) is 10.9. The largest absolute Gasteiger partial charge is 0.497 e. The van der Waals surface area contributed by atoms with Crippen LogP contribution in [0.15, 0.2) is 30.3 Å². The van der Waals surface area contributed by atoms with E-state index in [1.54, 1.807) is 44.4 Å². The molecule has 0 saturated carbocycles. The quantitative estimate of drug-likeness (QED) is 0.850. The molecule has 0 aliphatic heterocycles. The Balaban J connectivity index is 1.96. The molecule has 1 amide bonds. The van der Waals surface area contributed by atoms with Crippen molar-refractivity contribution in [3.63, 3.8) is 0 Å². The van der Waals surface area contributed by atoms with Gasteiger partial charge in [0.2, 0.25) is 0 Å². The Labute approximate surface area is 139 Å². The third-order valence-corrected chi connectivity index (χ3v) is 4.24. The Bertz CT molecular complexity index is 706. The number of nitrogens with one attached hydrogen (secondary N) is 1. The Morgan fingerprint density at radius 2 is 1.83 bits per heavy atom. The number of rotatable bonds is 5. The van der Waals surface area contributed by atoms with Crippen molar-refractivity contribution in [2.24, 2.45) is 0 Å². The molecular weight excluding hydrogens is 314 g/mol. The summed E-state index contributed by atoms with van der Waals surface area (Å²) in [6, 6.07) is 8.69. The number of hydrogen-bond donors (Lipinski definition) is 1. The molecule has 2 rings (SSSR count). The van der Waals surface area contributed by atoms with Crippen molar-refractivity contribution < 1.29 is 19.1 Å². The molecule has 0 aliphatic carbocycles. The number of hydrogen-bond acceptors (Lipinski definition) is 5. The normalized spacial score (nSPS) is 11.7. The monoisotopic (exact) mass is 333 g/mol. The van der Waals surface area contributed by atoms with Crippen LogP contribution in [0.2, 0.25) is 0 Å². The maximum atomic E-state index is 12.1. The lowest BCUT2D eigenvalue weighted by Gasteiger charge is -2.13. The molecule has 1 aromatic heterocycles. The summed E-state index contributed by atoms with van der Waals surface area (Å²) in [5.41, 5.74) is 1.12. The molecule has 0 fully saturated rings. The van der Waals surface area contributed by atoms with Gasteiger partial charge in [-0.2, -0.15) is 0 Å². The first-order valence-electron chi connectivity index (χ1n) is 7.13. The lowest BCUT2D eigenvalue weighted by molar-refractivity contribution is -0.123. The number of benzene rings is 1. The molecule has 0 saturated heterocycles. The summed E-state index contributed by atoms with van der Waals surface area (Å²) in [4.78, 5) is 26.1. The van der Waals surface area contributed by atoms with Crippen molar-refractivity contribution >= 4 is 28.9 Å². The predicted molar refractivity (Wildman–Crippen MR) is 90.3 cm³/mol. The van der Waals surface area contributed by atoms with Crippen molar-refractivity contribution in [1.82, 2.24) is 0 Å². The van der Waals surface area contributed by atoms with Crippen LogP contribution >= 0.6 is 11.3 Å². The van der Waals surface area contributed by atoms with E-state index in [9.17, 15) is 9.59 Å². The second kappa shape index (κ2) is 7.28. The highest BCUT2D eigenvalue weighted by atomic mass is 32.1. The fraction of sp³-hybridized carbons (Fsp3) is 0.294. The van der Waals surface area contributed by atoms with Crippen LogP contribution in [0.4, 0.5) is 5.69 Å². The molecule has 1 heterocycles. The van der Waals surface area contributed by atoms with Gasteiger partial charge in [-0.25, -0.2) is 4.79 Å². The van der Waals surface area contributed by atoms with E-state index in [4.69, 9.17) is 9.47 Å². The summed E-state index contributed by atoms with van der Waals surface area (Å²) in [7, 11) is 1.57. The Morgan fingerprint density at radius 1 is 1.17 bits per heavy atom. The fourth-order valence-electron chi connectivity index (χ4n) is 2.03. The highest BCUT2D eigenvalue weighted by Gasteiger charge is 2.21. The van der Waals surface area contributed by atoms with Crippen LogP contribution in [0.3, 0.4) is 0 Å². The van der Waals surface area contributed by atoms with E-state index in [1.165, 1.54) is 11.3 Å². The van der Waals surface area contributed by atoms with Crippen molar-refractivity contribution in [1.29, 1.82) is 0 Å². The minimum absolute atomic E-state index is 0.381. The lowest BCUT2D eigenvalue weighted by Crippen LogP contribution is -2.30. The average Bonchev–Trinajstić information content (AvgIpc) is 2.86. The highest BCUT2D eigenvalue weighted by molar-refractivity contribution is 7.12. The molecule has 1 atom stereocenters. The van der Waals surface area contributed by atoms with Gasteiger partial charge in [0.15, 0.2) is 6.10 Å². The van der Waals surface area contributed by atoms with Gasteiger partial charge < -0.3 is 14.8 Å². The highest BCUT2D eigenvalue weighted by Crippen LogP contribution is 2.22. The molecule has 1 N–H and O–H groups in total. The summed E-state index contributed by atoms with van der Waals surface area (Å²) < 4.78 is 10.3. The molecule has 5 nitrogen and oxygen atoms in total. The summed E-state index contributed by atoms with van der Waals surface area (Å²) in [6.07, 6.45) is -0.885. The van der Waals surface area contributed by atoms with Crippen molar-refractivity contribution in [2.45, 2.75) is 26.9 Å². The third-order valence-electron chi connectivity index (χ3n) is 3.27. The molecule has 23 heavy (non-hydrogen) atoms. The van der Waals surface area contributed by atoms with E-state index in [2.05, 4.69) is 5.32 Å². The van der Waals surface area contributed by atoms with Crippen molar-refractivity contribution in [3.8, 4) is 5.75 Å². The Morgan fingerprint density at radius 3 is 2.35 bits per heavy atom. The van der Waals surface area contributed by atoms with Gasteiger partial charge >= 0.3 is 5.97 Å². The number of ether oxygens (including phenoxy) is 2. The summed E-state index contributed by atoms with van der Waals surface area (Å²) in [6.45, 7) is 5.33. The van der Waals surface area contributed by atoms with Gasteiger partial charge in [0.25, 0.3) is 5.91 Å². The Hall–Kier alpha value is -2.34. The van der Waals surface area contributed by atoms with Crippen LogP contribution < -0.4 is 10.1 Å². The zero-order valence-electron chi connectivity index (χ0n) is 13.5. The van der Waals surface area contributed by atoms with E-state index in [0.29, 0.717) is 17.0 Å². The van der Waals surface area contributed by atoms with Gasteiger partial charge in [-0.3, -0.25) is 4.79 Å². The SMILES string of the molecule is COc1ccc(NC(=O)[C@H](C)OC(=O)c2cc(C)sc2C)cc1. The minimum Gasteiger partial charge on any atom is -0.497 e. The van der Waals surface area contributed by atoms with E-state index < -0.39 is 12.1 Å². The summed E-state index contributed by atoms with van der Waals surface area (Å²) >= 11 is 1.53. The van der Waals surface area contributed by atoms with E-state index in [-0.39, 0.29) is 5.91 Å². The molecule has 6 heteroatoms. The molecule has 2 aromatic rings. The van der Waals surface area contributed by atoms with Crippen LogP contribution in [0.25, 0.3) is 0 Å². The van der Waals surface area contributed by atoms with Gasteiger partial charge in [0.05, 0.1) is 12.7 Å². The lowest BCUT2D eigenvalue weighted by atomic mass is 10.2. The second-order valence-corrected chi connectivity index (χ2v) is 6.55. The second-order valence-electron chi connectivity index (χ2n) is 5.09. The molecular formula is C17H19NO4S. The smallest absolute Gasteiger partial charge is 0.340 e. The van der Waals surface area contributed by atoms with Gasteiger partial charge in [-0.15, -0.1) is 11.3 Å². The number of carbonyl (C=O) groups is 2. The number of aryl methyl sites for hydroxylation is 2. The summed E-state index contributed by atoms with van der Waals surface area (Å²) in [5, 5.41) is 2.70. The van der Waals surface area contributed by atoms with Gasteiger partial charge in [0.1, 0.15) is 5.75 Å². The van der Waals surface area contributed by atoms with Crippen LogP contribution in [-0.4, -0.2) is 25.1 Å². The predicted octanol–water partition coefficient (Wildman–Crippen LogP) is 3.56. The molecule has 0 bridgehead atoms. The molecule has 0 unspecified atom stereocenters. The molecule has 1 aromatic carbocycles. The molecule has 0 radical (unpaired) electrons. The number of carbonyl (C=O) groups excluding carboxylic acids is 2. The first-order valence-corrected chi connectivity index (χ1v) is 7.95. The maximum absolute atomic E-state index is 12.1. The number of anilines is 1. The van der Waals surface area contributed by atoms with Crippen LogP contribution in [0.5, 0.6) is 5.75 Å². The number of esters is 1. The topological polar surface area (TPSA) is 64.6 Å². The third kappa shape index (κ3) is 4.32. The number of methoxy groups -OCH3 is 1. The van der Waals surface area contributed by atoms with E-state index in [0.717, 1.165) is 9.75 Å². The zero-order valence-corrected chi connectivity index (χ0v) is 14.3. The van der Waals surface area contributed by atoms with Gasteiger partial charge in [-0.05, 0) is 51.1 Å². The van der Waals surface area contributed by atoms with Gasteiger partial charge in [-0.1, -0.05) is 0 Å².